The first-order valence-electron chi connectivity index (χ1n) is 5.49. The van der Waals surface area contributed by atoms with Crippen molar-refractivity contribution in [1.82, 2.24) is 0 Å². The van der Waals surface area contributed by atoms with Gasteiger partial charge in [0, 0.05) is 11.7 Å². The average Bonchev–Trinajstić information content (AvgIpc) is 2.99. The van der Waals surface area contributed by atoms with Gasteiger partial charge in [-0.25, -0.2) is 0 Å². The molecule has 0 spiro atoms. The number of carbonyl (C=O) groups is 1. The molecule has 17 heavy (non-hydrogen) atoms. The smallest absolute Gasteiger partial charge is 0.309 e. The zero-order valence-corrected chi connectivity index (χ0v) is 8.92. The van der Waals surface area contributed by atoms with Gasteiger partial charge in [-0.3, -0.25) is 4.79 Å². The van der Waals surface area contributed by atoms with E-state index in [9.17, 15) is 18.0 Å². The number of halogens is 3. The highest BCUT2D eigenvalue weighted by atomic mass is 19.4. The second kappa shape index (κ2) is 3.24. The van der Waals surface area contributed by atoms with Crippen LogP contribution in [0.3, 0.4) is 0 Å². The van der Waals surface area contributed by atoms with Crippen LogP contribution in [0.2, 0.25) is 0 Å². The molecule has 1 aromatic carbocycles. The molecular formula is C12H10F3NO. The molecule has 5 heteroatoms. The molecular weight excluding hydrogens is 231 g/mol. The van der Waals surface area contributed by atoms with Crippen molar-refractivity contribution in [2.24, 2.45) is 0 Å². The number of fused-ring (bicyclic) bond motifs is 1. The highest BCUT2D eigenvalue weighted by Gasteiger charge is 2.40. The number of hydrogen-bond acceptors (Lipinski definition) is 1. The van der Waals surface area contributed by atoms with Gasteiger partial charge in [0.2, 0.25) is 5.91 Å². The van der Waals surface area contributed by atoms with Crippen LogP contribution in [0.25, 0.3) is 0 Å². The van der Waals surface area contributed by atoms with Gasteiger partial charge < -0.3 is 4.90 Å². The fourth-order valence-electron chi connectivity index (χ4n) is 2.23. The Morgan fingerprint density at radius 3 is 2.53 bits per heavy atom. The first-order valence-corrected chi connectivity index (χ1v) is 5.49. The molecule has 1 aliphatic carbocycles. The molecule has 2 nitrogen and oxygen atoms in total. The Kier molecular flexibility index (Phi) is 2.03. The van der Waals surface area contributed by atoms with Gasteiger partial charge in [-0.05, 0) is 30.5 Å². The lowest BCUT2D eigenvalue weighted by molar-refractivity contribution is -0.137. The summed E-state index contributed by atoms with van der Waals surface area (Å²) in [7, 11) is 0. The summed E-state index contributed by atoms with van der Waals surface area (Å²) in [6.07, 6.45) is -2.34. The zero-order chi connectivity index (χ0) is 12.2. The molecule has 1 aromatic rings. The number of carbonyl (C=O) groups excluding carboxylic acids is 1. The molecule has 0 bridgehead atoms. The predicted molar refractivity (Wildman–Crippen MR) is 55.7 cm³/mol. The highest BCUT2D eigenvalue weighted by Crippen LogP contribution is 2.41. The topological polar surface area (TPSA) is 20.3 Å². The van der Waals surface area contributed by atoms with Crippen LogP contribution < -0.4 is 4.90 Å². The third kappa shape index (κ3) is 1.69. The number of nitrogens with zero attached hydrogens (tertiary/aromatic N) is 1. The van der Waals surface area contributed by atoms with Gasteiger partial charge in [-0.1, -0.05) is 6.07 Å². The molecule has 1 aliphatic heterocycles. The van der Waals surface area contributed by atoms with Crippen molar-refractivity contribution >= 4 is 11.6 Å². The summed E-state index contributed by atoms with van der Waals surface area (Å²) in [6.45, 7) is 0. The van der Waals surface area contributed by atoms with Gasteiger partial charge in [0.25, 0.3) is 0 Å². The van der Waals surface area contributed by atoms with Crippen LogP contribution in [-0.2, 0) is 17.4 Å². The third-order valence-corrected chi connectivity index (χ3v) is 3.19. The predicted octanol–water partition coefficient (Wildman–Crippen LogP) is 2.76. The molecule has 90 valence electrons. The Morgan fingerprint density at radius 2 is 1.94 bits per heavy atom. The van der Waals surface area contributed by atoms with E-state index < -0.39 is 11.7 Å². The van der Waals surface area contributed by atoms with E-state index >= 15 is 0 Å². The SMILES string of the molecule is O=C1Cc2ccc(C(F)(F)F)cc2N1C1CC1. The van der Waals surface area contributed by atoms with Gasteiger partial charge in [0.15, 0.2) is 0 Å². The maximum Gasteiger partial charge on any atom is 0.416 e. The Bertz CT molecular complexity index is 491. The molecule has 0 saturated heterocycles. The van der Waals surface area contributed by atoms with E-state index in [1.165, 1.54) is 11.0 Å². The number of rotatable bonds is 1. The van der Waals surface area contributed by atoms with Crippen LogP contribution in [0.4, 0.5) is 18.9 Å². The second-order valence-electron chi connectivity index (χ2n) is 4.51. The fourth-order valence-corrected chi connectivity index (χ4v) is 2.23. The van der Waals surface area contributed by atoms with Crippen LogP contribution >= 0.6 is 0 Å². The maximum absolute atomic E-state index is 12.6. The number of alkyl halides is 3. The minimum atomic E-state index is -4.35. The summed E-state index contributed by atoms with van der Waals surface area (Å²) >= 11 is 0. The third-order valence-electron chi connectivity index (χ3n) is 3.19. The summed E-state index contributed by atoms with van der Waals surface area (Å²) in [5, 5.41) is 0. The van der Waals surface area contributed by atoms with Gasteiger partial charge in [0.1, 0.15) is 0 Å². The second-order valence-corrected chi connectivity index (χ2v) is 4.51. The van der Waals surface area contributed by atoms with Crippen molar-refractivity contribution in [3.63, 3.8) is 0 Å². The van der Waals surface area contributed by atoms with Crippen LogP contribution in [0.5, 0.6) is 0 Å². The summed E-state index contributed by atoms with van der Waals surface area (Å²) in [5.41, 5.74) is 0.471. The number of hydrogen-bond donors (Lipinski definition) is 0. The minimum Gasteiger partial charge on any atom is -0.309 e. The average molecular weight is 241 g/mol. The summed E-state index contributed by atoms with van der Waals surface area (Å²) in [6, 6.07) is 3.67. The van der Waals surface area contributed by atoms with Crippen LogP contribution in [0.1, 0.15) is 24.0 Å². The largest absolute Gasteiger partial charge is 0.416 e. The zero-order valence-electron chi connectivity index (χ0n) is 8.92. The molecule has 2 aliphatic rings. The number of amides is 1. The Morgan fingerprint density at radius 1 is 1.24 bits per heavy atom. The van der Waals surface area contributed by atoms with Crippen molar-refractivity contribution in [3.05, 3.63) is 29.3 Å². The van der Waals surface area contributed by atoms with Gasteiger partial charge >= 0.3 is 6.18 Å². The van der Waals surface area contributed by atoms with Crippen LogP contribution in [-0.4, -0.2) is 11.9 Å². The quantitative estimate of drug-likeness (QED) is 0.740. The molecule has 0 N–H and O–H groups in total. The number of anilines is 1. The molecule has 1 amide bonds. The molecule has 0 aromatic heterocycles. The van der Waals surface area contributed by atoms with E-state index in [2.05, 4.69) is 0 Å². The van der Waals surface area contributed by atoms with Gasteiger partial charge in [-0.2, -0.15) is 13.2 Å². The molecule has 1 heterocycles. The van der Waals surface area contributed by atoms with E-state index in [1.807, 2.05) is 0 Å². The molecule has 0 radical (unpaired) electrons. The Balaban J connectivity index is 2.05. The first kappa shape index (κ1) is 10.6. The summed E-state index contributed by atoms with van der Waals surface area (Å²) in [5.74, 6) is -0.0816. The Hall–Kier alpha value is -1.52. The molecule has 1 saturated carbocycles. The van der Waals surface area contributed by atoms with Crippen molar-refractivity contribution in [1.29, 1.82) is 0 Å². The van der Waals surface area contributed by atoms with E-state index in [4.69, 9.17) is 0 Å². The van der Waals surface area contributed by atoms with E-state index in [-0.39, 0.29) is 18.4 Å². The van der Waals surface area contributed by atoms with Crippen LogP contribution in [0.15, 0.2) is 18.2 Å². The minimum absolute atomic E-state index is 0.0816. The number of benzene rings is 1. The Labute approximate surface area is 96.0 Å². The first-order chi connectivity index (χ1) is 7.97. The lowest BCUT2D eigenvalue weighted by Gasteiger charge is -2.17. The monoisotopic (exact) mass is 241 g/mol. The molecule has 1 fully saturated rings. The molecule has 0 atom stereocenters. The van der Waals surface area contributed by atoms with Gasteiger partial charge in [-0.15, -0.1) is 0 Å². The maximum atomic E-state index is 12.6. The van der Waals surface area contributed by atoms with Gasteiger partial charge in [0.05, 0.1) is 12.0 Å². The summed E-state index contributed by atoms with van der Waals surface area (Å²) < 4.78 is 37.8. The van der Waals surface area contributed by atoms with E-state index in [0.29, 0.717) is 11.3 Å². The van der Waals surface area contributed by atoms with Crippen LogP contribution in [0, 0.1) is 0 Å². The normalized spacial score (nSPS) is 19.7. The lowest BCUT2D eigenvalue weighted by atomic mass is 10.1. The van der Waals surface area contributed by atoms with E-state index in [0.717, 1.165) is 25.0 Å². The van der Waals surface area contributed by atoms with Crippen molar-refractivity contribution < 1.29 is 18.0 Å². The molecule has 0 unspecified atom stereocenters. The van der Waals surface area contributed by atoms with Crippen molar-refractivity contribution in [2.75, 3.05) is 4.90 Å². The lowest BCUT2D eigenvalue weighted by Crippen LogP contribution is -2.28. The fraction of sp³-hybridized carbons (Fsp3) is 0.417. The highest BCUT2D eigenvalue weighted by molar-refractivity contribution is 6.02. The van der Waals surface area contributed by atoms with Crippen molar-refractivity contribution in [2.45, 2.75) is 31.5 Å². The standard InChI is InChI=1S/C12H10F3NO/c13-12(14,15)8-2-1-7-5-11(17)16(9-3-4-9)10(7)6-8/h1-2,6,9H,3-5H2. The summed E-state index contributed by atoms with van der Waals surface area (Å²) in [4.78, 5) is 13.3. The molecule has 3 rings (SSSR count). The van der Waals surface area contributed by atoms with E-state index in [1.54, 1.807) is 0 Å². The van der Waals surface area contributed by atoms with Crippen molar-refractivity contribution in [3.8, 4) is 0 Å².